The number of aldehydes is 1. The number of fused-ring (bicyclic) bond motifs is 1. The van der Waals surface area contributed by atoms with Crippen molar-refractivity contribution in [3.05, 3.63) is 23.8 Å². The number of esters is 1. The van der Waals surface area contributed by atoms with Crippen molar-refractivity contribution in [3.8, 4) is 0 Å². The summed E-state index contributed by atoms with van der Waals surface area (Å²) >= 11 is 6.72. The van der Waals surface area contributed by atoms with Crippen molar-refractivity contribution in [1.82, 2.24) is 0 Å². The van der Waals surface area contributed by atoms with E-state index in [1.54, 1.807) is 13.0 Å². The van der Waals surface area contributed by atoms with Crippen LogP contribution in [-0.4, -0.2) is 47.2 Å². The lowest BCUT2D eigenvalue weighted by Gasteiger charge is -2.60. The minimum Gasteiger partial charge on any atom is -0.466 e. The molecule has 0 heterocycles. The van der Waals surface area contributed by atoms with Crippen LogP contribution in [0.4, 0.5) is 0 Å². The molecular weight excluding hydrogens is 368 g/mol. The van der Waals surface area contributed by atoms with Gasteiger partial charge >= 0.3 is 5.97 Å². The van der Waals surface area contributed by atoms with Crippen LogP contribution in [0.3, 0.4) is 0 Å². The molecule has 0 aromatic rings. The zero-order valence-electron chi connectivity index (χ0n) is 16.6. The van der Waals surface area contributed by atoms with Gasteiger partial charge in [0.1, 0.15) is 6.29 Å². The smallest absolute Gasteiger partial charge is 0.334 e. The second-order valence-electron chi connectivity index (χ2n) is 8.54. The van der Waals surface area contributed by atoms with Crippen LogP contribution < -0.4 is 0 Å². The molecule has 0 bridgehead atoms. The van der Waals surface area contributed by atoms with Crippen molar-refractivity contribution in [3.63, 3.8) is 0 Å². The minimum atomic E-state index is -0.825. The number of carbonyl (C=O) groups excluding carboxylic acids is 2. The zero-order valence-corrected chi connectivity index (χ0v) is 17.3. The molecule has 0 amide bonds. The zero-order chi connectivity index (χ0) is 20.6. The summed E-state index contributed by atoms with van der Waals surface area (Å²) in [6, 6.07) is 0. The molecule has 5 nitrogen and oxygen atoms in total. The van der Waals surface area contributed by atoms with Gasteiger partial charge in [0.05, 0.1) is 25.2 Å². The van der Waals surface area contributed by atoms with Crippen LogP contribution in [0.1, 0.15) is 46.5 Å². The number of alkyl halides is 1. The number of ether oxygens (including phenoxy) is 1. The predicted octanol–water partition coefficient (Wildman–Crippen LogP) is 3.02. The van der Waals surface area contributed by atoms with Gasteiger partial charge in [-0.2, -0.15) is 0 Å². The van der Waals surface area contributed by atoms with E-state index in [2.05, 4.69) is 13.5 Å². The first-order valence-corrected chi connectivity index (χ1v) is 9.86. The Bertz CT molecular complexity index is 644. The number of carbonyl (C=O) groups is 2. The number of allylic oxidation sites excluding steroid dienone is 1. The van der Waals surface area contributed by atoms with Gasteiger partial charge < -0.3 is 19.7 Å². The van der Waals surface area contributed by atoms with Gasteiger partial charge in [-0.15, -0.1) is 11.6 Å². The maximum atomic E-state index is 12.2. The molecule has 0 unspecified atom stereocenters. The first-order valence-electron chi connectivity index (χ1n) is 9.43. The molecule has 1 fully saturated rings. The molecule has 27 heavy (non-hydrogen) atoms. The van der Waals surface area contributed by atoms with E-state index >= 15 is 0 Å². The van der Waals surface area contributed by atoms with Crippen LogP contribution in [0.25, 0.3) is 0 Å². The quantitative estimate of drug-likeness (QED) is 0.311. The molecule has 0 spiro atoms. The van der Waals surface area contributed by atoms with E-state index in [-0.39, 0.29) is 11.3 Å². The Morgan fingerprint density at radius 1 is 1.52 bits per heavy atom. The summed E-state index contributed by atoms with van der Waals surface area (Å²) in [5, 5.41) is 20.8. The second kappa shape index (κ2) is 8.06. The van der Waals surface area contributed by atoms with Crippen LogP contribution in [0, 0.1) is 22.7 Å². The van der Waals surface area contributed by atoms with Crippen molar-refractivity contribution in [2.75, 3.05) is 7.11 Å². The summed E-state index contributed by atoms with van der Waals surface area (Å²) in [5.41, 5.74) is -0.229. The lowest BCUT2D eigenvalue weighted by atomic mass is 9.46. The summed E-state index contributed by atoms with van der Waals surface area (Å²) in [7, 11) is 1.29. The Morgan fingerprint density at radius 2 is 2.15 bits per heavy atom. The van der Waals surface area contributed by atoms with Gasteiger partial charge in [0, 0.05) is 16.4 Å². The molecule has 2 N–H and O–H groups in total. The molecule has 2 aliphatic carbocycles. The SMILES string of the molecule is C=C(C)[C@H](O)CC[C@]1(C)[C@@H](Cl)C[C@H](O)[C@]2(C)[C@@H](C=O)C(C(=O)OC)=CC[C@@H]12. The maximum Gasteiger partial charge on any atom is 0.334 e. The van der Waals surface area contributed by atoms with Crippen LogP contribution >= 0.6 is 11.6 Å². The summed E-state index contributed by atoms with van der Waals surface area (Å²) in [6.45, 7) is 9.52. The van der Waals surface area contributed by atoms with Crippen LogP contribution in [0.2, 0.25) is 0 Å². The minimum absolute atomic E-state index is 0.114. The fourth-order valence-corrected chi connectivity index (χ4v) is 5.54. The Balaban J connectivity index is 2.46. The molecule has 152 valence electrons. The van der Waals surface area contributed by atoms with Crippen molar-refractivity contribution >= 4 is 23.9 Å². The number of hydrogen-bond acceptors (Lipinski definition) is 5. The normalized spacial score (nSPS) is 39.7. The van der Waals surface area contributed by atoms with E-state index in [0.717, 1.165) is 6.29 Å². The first-order chi connectivity index (χ1) is 12.5. The maximum absolute atomic E-state index is 12.2. The molecule has 6 heteroatoms. The highest BCUT2D eigenvalue weighted by atomic mass is 35.5. The van der Waals surface area contributed by atoms with Crippen LogP contribution in [0.5, 0.6) is 0 Å². The Labute approximate surface area is 166 Å². The highest BCUT2D eigenvalue weighted by molar-refractivity contribution is 6.21. The molecule has 2 aliphatic rings. The van der Waals surface area contributed by atoms with E-state index in [1.165, 1.54) is 7.11 Å². The van der Waals surface area contributed by atoms with Gasteiger partial charge in [0.15, 0.2) is 0 Å². The standard InChI is InChI=1S/C21H31ClO5/c1-12(2)15(24)8-9-20(3)16-7-6-13(19(26)27-5)14(11-23)21(16,4)18(25)10-17(20)22/h6,11,14-18,24-25H,1,7-10H2,2-5H3/t14-,15+,16-,17-,18-,20-,21+/m0/s1. The number of rotatable bonds is 6. The average molecular weight is 399 g/mol. The van der Waals surface area contributed by atoms with Crippen molar-refractivity contribution in [2.45, 2.75) is 64.0 Å². The Morgan fingerprint density at radius 3 is 2.67 bits per heavy atom. The van der Waals surface area contributed by atoms with Gasteiger partial charge in [0.2, 0.25) is 0 Å². The number of aliphatic hydroxyl groups excluding tert-OH is 2. The highest BCUT2D eigenvalue weighted by Gasteiger charge is 2.61. The molecule has 0 aromatic heterocycles. The second-order valence-corrected chi connectivity index (χ2v) is 9.07. The Hall–Kier alpha value is -1.17. The van der Waals surface area contributed by atoms with E-state index in [0.29, 0.717) is 36.8 Å². The monoisotopic (exact) mass is 398 g/mol. The van der Waals surface area contributed by atoms with Gasteiger partial charge in [-0.1, -0.05) is 32.1 Å². The third-order valence-electron chi connectivity index (χ3n) is 7.07. The van der Waals surface area contributed by atoms with Crippen LogP contribution in [-0.2, 0) is 14.3 Å². The summed E-state index contributed by atoms with van der Waals surface area (Å²) in [5.74, 6) is -1.41. The molecule has 0 aromatic carbocycles. The molecule has 7 atom stereocenters. The van der Waals surface area contributed by atoms with E-state index in [9.17, 15) is 19.8 Å². The molecule has 2 rings (SSSR count). The van der Waals surface area contributed by atoms with Crippen molar-refractivity contribution in [2.24, 2.45) is 22.7 Å². The van der Waals surface area contributed by atoms with Gasteiger partial charge in [-0.05, 0) is 43.9 Å². The lowest BCUT2D eigenvalue weighted by molar-refractivity contribution is -0.153. The van der Waals surface area contributed by atoms with Gasteiger partial charge in [0.25, 0.3) is 0 Å². The van der Waals surface area contributed by atoms with Gasteiger partial charge in [-0.3, -0.25) is 0 Å². The third-order valence-corrected chi connectivity index (χ3v) is 7.75. The summed E-state index contributed by atoms with van der Waals surface area (Å²) in [6.07, 6.45) is 3.07. The highest BCUT2D eigenvalue weighted by Crippen LogP contribution is 2.62. The predicted molar refractivity (Wildman–Crippen MR) is 104 cm³/mol. The summed E-state index contributed by atoms with van der Waals surface area (Å²) < 4.78 is 4.84. The number of halogens is 1. The molecule has 0 radical (unpaired) electrons. The third kappa shape index (κ3) is 3.62. The lowest BCUT2D eigenvalue weighted by Crippen LogP contribution is -2.61. The number of hydrogen-bond donors (Lipinski definition) is 2. The molecule has 0 saturated heterocycles. The van der Waals surface area contributed by atoms with E-state index < -0.39 is 34.9 Å². The fraction of sp³-hybridized carbons (Fsp3) is 0.714. The largest absolute Gasteiger partial charge is 0.466 e. The van der Waals surface area contributed by atoms with Crippen molar-refractivity contribution < 1.29 is 24.5 Å². The van der Waals surface area contributed by atoms with E-state index in [1.807, 2.05) is 6.92 Å². The fourth-order valence-electron chi connectivity index (χ4n) is 5.11. The average Bonchev–Trinajstić information content (AvgIpc) is 2.63. The Kier molecular flexibility index (Phi) is 6.60. The topological polar surface area (TPSA) is 83.8 Å². The van der Waals surface area contributed by atoms with Gasteiger partial charge in [-0.25, -0.2) is 4.79 Å². The molecule has 0 aliphatic heterocycles. The molecular formula is C21H31ClO5. The summed E-state index contributed by atoms with van der Waals surface area (Å²) in [4.78, 5) is 24.2. The number of methoxy groups -OCH3 is 1. The number of aliphatic hydroxyl groups is 2. The molecule has 1 saturated carbocycles. The van der Waals surface area contributed by atoms with E-state index in [4.69, 9.17) is 16.3 Å². The van der Waals surface area contributed by atoms with Crippen LogP contribution in [0.15, 0.2) is 23.8 Å². The first kappa shape index (κ1) is 22.1. The van der Waals surface area contributed by atoms with Crippen molar-refractivity contribution in [1.29, 1.82) is 0 Å².